The Kier molecular flexibility index (Phi) is 7.10. The molecule has 1 unspecified atom stereocenters. The average molecular weight is 435 g/mol. The smallest absolute Gasteiger partial charge is 0.251 e. The van der Waals surface area contributed by atoms with E-state index in [-0.39, 0.29) is 34.1 Å². The lowest BCUT2D eigenvalue weighted by molar-refractivity contribution is 0.0939. The Morgan fingerprint density at radius 1 is 1.10 bits per heavy atom. The number of carbonyl (C=O) groups excluding carboxylic acids is 1. The Morgan fingerprint density at radius 3 is 2.40 bits per heavy atom. The van der Waals surface area contributed by atoms with Crippen LogP contribution < -0.4 is 14.8 Å². The Bertz CT molecular complexity index is 987. The standard InChI is InChI=1S/C22H27FN2O4S/c1-15(16-8-11-18(23)12-9-16)24-22(26)17-10-13-20(29-2)21(14-17)30(27,28)25-19-6-4-3-5-7-19/h8-15,19,25H,3-7H2,1-2H3,(H,24,26). The van der Waals surface area contributed by atoms with Gasteiger partial charge in [0.15, 0.2) is 0 Å². The summed E-state index contributed by atoms with van der Waals surface area (Å²) < 4.78 is 47.0. The van der Waals surface area contributed by atoms with Crippen molar-refractivity contribution in [2.45, 2.75) is 56.0 Å². The molecule has 1 aliphatic carbocycles. The molecule has 0 aromatic heterocycles. The van der Waals surface area contributed by atoms with Gasteiger partial charge in [-0.3, -0.25) is 4.79 Å². The molecule has 2 aromatic carbocycles. The van der Waals surface area contributed by atoms with Crippen LogP contribution in [-0.4, -0.2) is 27.5 Å². The molecule has 0 aliphatic heterocycles. The number of benzene rings is 2. The molecule has 1 aliphatic rings. The first-order valence-electron chi connectivity index (χ1n) is 10.1. The van der Waals surface area contributed by atoms with Gasteiger partial charge in [0.2, 0.25) is 10.0 Å². The molecule has 0 saturated heterocycles. The second-order valence-corrected chi connectivity index (χ2v) is 9.25. The molecule has 0 heterocycles. The van der Waals surface area contributed by atoms with E-state index in [9.17, 15) is 17.6 Å². The van der Waals surface area contributed by atoms with Gasteiger partial charge in [0.25, 0.3) is 5.91 Å². The number of carbonyl (C=O) groups is 1. The van der Waals surface area contributed by atoms with Crippen molar-refractivity contribution in [1.29, 1.82) is 0 Å². The molecule has 0 bridgehead atoms. The lowest BCUT2D eigenvalue weighted by atomic mass is 9.96. The minimum Gasteiger partial charge on any atom is -0.495 e. The molecular formula is C22H27FN2O4S. The van der Waals surface area contributed by atoms with E-state index >= 15 is 0 Å². The van der Waals surface area contributed by atoms with Gasteiger partial charge in [0.05, 0.1) is 13.2 Å². The fourth-order valence-corrected chi connectivity index (χ4v) is 5.15. The van der Waals surface area contributed by atoms with Crippen molar-refractivity contribution in [3.63, 3.8) is 0 Å². The summed E-state index contributed by atoms with van der Waals surface area (Å²) in [6.45, 7) is 1.77. The van der Waals surface area contributed by atoms with Crippen LogP contribution in [0.3, 0.4) is 0 Å². The van der Waals surface area contributed by atoms with Crippen molar-refractivity contribution in [2.75, 3.05) is 7.11 Å². The largest absolute Gasteiger partial charge is 0.495 e. The fourth-order valence-electron chi connectivity index (χ4n) is 3.65. The number of sulfonamides is 1. The van der Waals surface area contributed by atoms with Crippen LogP contribution in [0.15, 0.2) is 47.4 Å². The Labute approximate surface area is 176 Å². The van der Waals surface area contributed by atoms with Gasteiger partial charge in [-0.1, -0.05) is 31.4 Å². The average Bonchev–Trinajstić information content (AvgIpc) is 2.74. The molecule has 30 heavy (non-hydrogen) atoms. The van der Waals surface area contributed by atoms with E-state index in [4.69, 9.17) is 4.74 Å². The van der Waals surface area contributed by atoms with Crippen molar-refractivity contribution in [3.8, 4) is 5.75 Å². The summed E-state index contributed by atoms with van der Waals surface area (Å²) in [5.74, 6) is -0.599. The highest BCUT2D eigenvalue weighted by Gasteiger charge is 2.26. The van der Waals surface area contributed by atoms with Crippen LogP contribution in [0.2, 0.25) is 0 Å². The number of methoxy groups -OCH3 is 1. The summed E-state index contributed by atoms with van der Waals surface area (Å²) in [7, 11) is -2.45. The monoisotopic (exact) mass is 434 g/mol. The lowest BCUT2D eigenvalue weighted by Crippen LogP contribution is -2.36. The predicted octanol–water partition coefficient (Wildman–Crippen LogP) is 3.94. The molecule has 2 N–H and O–H groups in total. The molecule has 1 fully saturated rings. The molecule has 6 nitrogen and oxygen atoms in total. The van der Waals surface area contributed by atoms with E-state index in [2.05, 4.69) is 10.0 Å². The van der Waals surface area contributed by atoms with Gasteiger partial charge in [-0.25, -0.2) is 17.5 Å². The minimum absolute atomic E-state index is 0.0577. The zero-order valence-corrected chi connectivity index (χ0v) is 18.0. The van der Waals surface area contributed by atoms with Crippen molar-refractivity contribution < 1.29 is 22.3 Å². The molecular weight excluding hydrogens is 407 g/mol. The van der Waals surface area contributed by atoms with E-state index in [1.807, 2.05) is 0 Å². The highest BCUT2D eigenvalue weighted by molar-refractivity contribution is 7.89. The number of hydrogen-bond acceptors (Lipinski definition) is 4. The summed E-state index contributed by atoms with van der Waals surface area (Å²) in [6.07, 6.45) is 4.71. The molecule has 0 spiro atoms. The third-order valence-corrected chi connectivity index (χ3v) is 6.90. The van der Waals surface area contributed by atoms with Crippen molar-refractivity contribution >= 4 is 15.9 Å². The first-order chi connectivity index (χ1) is 14.3. The number of rotatable bonds is 7. The number of nitrogens with one attached hydrogen (secondary N) is 2. The van der Waals surface area contributed by atoms with E-state index in [0.29, 0.717) is 0 Å². The van der Waals surface area contributed by atoms with Crippen molar-refractivity contribution in [2.24, 2.45) is 0 Å². The first kappa shape index (κ1) is 22.2. The summed E-state index contributed by atoms with van der Waals surface area (Å²) in [5.41, 5.74) is 0.943. The van der Waals surface area contributed by atoms with Gasteiger partial charge in [-0.2, -0.15) is 0 Å². The number of hydrogen-bond donors (Lipinski definition) is 2. The molecule has 162 valence electrons. The Hall–Kier alpha value is -2.45. The molecule has 2 aromatic rings. The van der Waals surface area contributed by atoms with Gasteiger partial charge < -0.3 is 10.1 Å². The third-order valence-electron chi connectivity index (χ3n) is 5.36. The van der Waals surface area contributed by atoms with Gasteiger partial charge in [-0.15, -0.1) is 0 Å². The highest BCUT2D eigenvalue weighted by Crippen LogP contribution is 2.27. The molecule has 8 heteroatoms. The number of amides is 1. The maximum Gasteiger partial charge on any atom is 0.251 e. The maximum absolute atomic E-state index is 13.1. The van der Waals surface area contributed by atoms with Crippen LogP contribution in [0, 0.1) is 5.82 Å². The molecule has 0 radical (unpaired) electrons. The van der Waals surface area contributed by atoms with Crippen molar-refractivity contribution in [1.82, 2.24) is 10.0 Å². The van der Waals surface area contributed by atoms with Crippen LogP contribution in [0.1, 0.15) is 61.0 Å². The van der Waals surface area contributed by atoms with Crippen LogP contribution >= 0.6 is 0 Å². The van der Waals surface area contributed by atoms with E-state index < -0.39 is 15.9 Å². The van der Waals surface area contributed by atoms with Gasteiger partial charge in [0, 0.05) is 11.6 Å². The summed E-state index contributed by atoms with van der Waals surface area (Å²) in [4.78, 5) is 12.7. The zero-order valence-electron chi connectivity index (χ0n) is 17.2. The van der Waals surface area contributed by atoms with Crippen LogP contribution in [0.5, 0.6) is 5.75 Å². The van der Waals surface area contributed by atoms with E-state index in [1.54, 1.807) is 19.1 Å². The second kappa shape index (κ2) is 9.57. The van der Waals surface area contributed by atoms with E-state index in [1.165, 1.54) is 37.4 Å². The normalized spacial score (nSPS) is 16.1. The summed E-state index contributed by atoms with van der Waals surface area (Å²) >= 11 is 0. The van der Waals surface area contributed by atoms with E-state index in [0.717, 1.165) is 37.7 Å². The Morgan fingerprint density at radius 2 is 1.77 bits per heavy atom. The second-order valence-electron chi connectivity index (χ2n) is 7.57. The van der Waals surface area contributed by atoms with Crippen molar-refractivity contribution in [3.05, 3.63) is 59.4 Å². The topological polar surface area (TPSA) is 84.5 Å². The number of ether oxygens (including phenoxy) is 1. The SMILES string of the molecule is COc1ccc(C(=O)NC(C)c2ccc(F)cc2)cc1S(=O)(=O)NC1CCCCC1. The van der Waals surface area contributed by atoms with Gasteiger partial charge in [-0.05, 0) is 55.7 Å². The predicted molar refractivity (Wildman–Crippen MR) is 112 cm³/mol. The van der Waals surface area contributed by atoms with Crippen LogP contribution in [0.25, 0.3) is 0 Å². The first-order valence-corrected chi connectivity index (χ1v) is 11.5. The minimum atomic E-state index is -3.84. The van der Waals surface area contributed by atoms with Crippen LogP contribution in [0.4, 0.5) is 4.39 Å². The number of halogens is 1. The fraction of sp³-hybridized carbons (Fsp3) is 0.409. The highest BCUT2D eigenvalue weighted by atomic mass is 32.2. The quantitative estimate of drug-likeness (QED) is 0.691. The van der Waals surface area contributed by atoms with Crippen LogP contribution in [-0.2, 0) is 10.0 Å². The molecule has 1 atom stereocenters. The third kappa shape index (κ3) is 5.37. The molecule has 1 saturated carbocycles. The Balaban J connectivity index is 1.80. The lowest BCUT2D eigenvalue weighted by Gasteiger charge is -2.23. The van der Waals surface area contributed by atoms with Gasteiger partial charge >= 0.3 is 0 Å². The maximum atomic E-state index is 13.1. The summed E-state index contributed by atoms with van der Waals surface area (Å²) in [5, 5.41) is 2.81. The zero-order chi connectivity index (χ0) is 21.7. The molecule has 3 rings (SSSR count). The van der Waals surface area contributed by atoms with Gasteiger partial charge in [0.1, 0.15) is 16.5 Å². The molecule has 1 amide bonds. The summed E-state index contributed by atoms with van der Waals surface area (Å²) in [6, 6.07) is 9.69.